The first kappa shape index (κ1) is 28.5. The molecule has 1 saturated heterocycles. The molecule has 6 heteroatoms. The van der Waals surface area contributed by atoms with Gasteiger partial charge in [0.05, 0.1) is 18.2 Å². The number of benzene rings is 2. The average Bonchev–Trinajstić information content (AvgIpc) is 3.07. The summed E-state index contributed by atoms with van der Waals surface area (Å²) in [5.41, 5.74) is 3.44. The molecule has 1 aliphatic rings. The van der Waals surface area contributed by atoms with E-state index in [4.69, 9.17) is 4.74 Å². The molecule has 1 N–H and O–H groups in total. The van der Waals surface area contributed by atoms with Crippen LogP contribution in [0.25, 0.3) is 5.76 Å². The fourth-order valence-corrected chi connectivity index (χ4v) is 4.55. The fraction of sp³-hybridized carbons (Fsp3) is 0.484. The smallest absolute Gasteiger partial charge is 0.295 e. The number of carbonyl (C=O) groups excluding carboxylic acids is 2. The van der Waals surface area contributed by atoms with Crippen LogP contribution in [0.2, 0.25) is 0 Å². The van der Waals surface area contributed by atoms with Gasteiger partial charge < -0.3 is 19.6 Å². The highest BCUT2D eigenvalue weighted by atomic mass is 16.5. The minimum absolute atomic E-state index is 0.0248. The molecule has 2 aromatic rings. The average molecular weight is 507 g/mol. The number of aliphatic hydroxyl groups excluding tert-OH is 1. The van der Waals surface area contributed by atoms with Crippen LogP contribution < -0.4 is 4.74 Å². The molecule has 1 heterocycles. The maximum absolute atomic E-state index is 13.3. The minimum Gasteiger partial charge on any atom is -0.507 e. The van der Waals surface area contributed by atoms with Gasteiger partial charge in [-0.25, -0.2) is 0 Å². The van der Waals surface area contributed by atoms with Crippen molar-refractivity contribution in [3.05, 3.63) is 70.3 Å². The lowest BCUT2D eigenvalue weighted by atomic mass is 9.85. The van der Waals surface area contributed by atoms with Crippen molar-refractivity contribution in [1.82, 2.24) is 9.80 Å². The highest BCUT2D eigenvalue weighted by Gasteiger charge is 2.45. The molecule has 2 aromatic carbocycles. The molecule has 1 fully saturated rings. The maximum atomic E-state index is 13.3. The third-order valence-corrected chi connectivity index (χ3v) is 6.66. The minimum atomic E-state index is -0.648. The first-order valence-corrected chi connectivity index (χ1v) is 13.1. The summed E-state index contributed by atoms with van der Waals surface area (Å²) in [6, 6.07) is 12.7. The molecule has 1 amide bonds. The zero-order valence-electron chi connectivity index (χ0n) is 23.6. The number of rotatable bonds is 9. The van der Waals surface area contributed by atoms with Crippen LogP contribution in [-0.4, -0.2) is 60.4 Å². The van der Waals surface area contributed by atoms with Crippen LogP contribution in [0.3, 0.4) is 0 Å². The number of likely N-dealkylation sites (tertiary alicyclic amines) is 1. The predicted octanol–water partition coefficient (Wildman–Crippen LogP) is 5.70. The normalized spacial score (nSPS) is 17.8. The number of aliphatic hydroxyl groups is 1. The van der Waals surface area contributed by atoms with E-state index in [-0.39, 0.29) is 16.7 Å². The van der Waals surface area contributed by atoms with Crippen LogP contribution in [0.1, 0.15) is 69.3 Å². The Labute approximate surface area is 221 Å². The van der Waals surface area contributed by atoms with E-state index >= 15 is 0 Å². The van der Waals surface area contributed by atoms with E-state index in [1.165, 1.54) is 0 Å². The second kappa shape index (κ2) is 11.5. The molecular formula is C31H42N2O4. The van der Waals surface area contributed by atoms with Crippen molar-refractivity contribution in [2.24, 2.45) is 5.92 Å². The molecule has 6 nitrogen and oxygen atoms in total. The Kier molecular flexibility index (Phi) is 8.85. The van der Waals surface area contributed by atoms with Gasteiger partial charge in [0.2, 0.25) is 0 Å². The Balaban J connectivity index is 2.06. The van der Waals surface area contributed by atoms with Gasteiger partial charge in [-0.15, -0.1) is 0 Å². The largest absolute Gasteiger partial charge is 0.507 e. The number of hydrogen-bond donors (Lipinski definition) is 1. The van der Waals surface area contributed by atoms with Gasteiger partial charge in [0.1, 0.15) is 11.5 Å². The number of amides is 1. The summed E-state index contributed by atoms with van der Waals surface area (Å²) in [5, 5.41) is 11.4. The summed E-state index contributed by atoms with van der Waals surface area (Å²) in [7, 11) is 3.96. The molecule has 0 radical (unpaired) electrons. The van der Waals surface area contributed by atoms with E-state index in [2.05, 4.69) is 39.5 Å². The number of ether oxygens (including phenoxy) is 1. The summed E-state index contributed by atoms with van der Waals surface area (Å²) in [6.45, 7) is 14.3. The molecule has 0 aliphatic carbocycles. The topological polar surface area (TPSA) is 70.1 Å². The van der Waals surface area contributed by atoms with Crippen molar-refractivity contribution in [2.45, 2.75) is 59.4 Å². The molecule has 37 heavy (non-hydrogen) atoms. The van der Waals surface area contributed by atoms with Crippen molar-refractivity contribution in [2.75, 3.05) is 33.8 Å². The monoisotopic (exact) mass is 506 g/mol. The van der Waals surface area contributed by atoms with E-state index in [1.54, 1.807) is 11.0 Å². The lowest BCUT2D eigenvalue weighted by Crippen LogP contribution is -2.32. The number of Topliss-reactive ketones (excluding diaryl/α,β-unsaturated/α-hetero) is 1. The van der Waals surface area contributed by atoms with E-state index < -0.39 is 17.7 Å². The third kappa shape index (κ3) is 6.61. The molecular weight excluding hydrogens is 464 g/mol. The number of hydrogen-bond acceptors (Lipinski definition) is 5. The summed E-state index contributed by atoms with van der Waals surface area (Å²) in [4.78, 5) is 30.2. The highest BCUT2D eigenvalue weighted by molar-refractivity contribution is 6.46. The van der Waals surface area contributed by atoms with Crippen LogP contribution in [-0.2, 0) is 15.0 Å². The van der Waals surface area contributed by atoms with Gasteiger partial charge in [-0.2, -0.15) is 0 Å². The van der Waals surface area contributed by atoms with Gasteiger partial charge in [0, 0.05) is 12.1 Å². The number of carbonyl (C=O) groups is 2. The Morgan fingerprint density at radius 3 is 2.27 bits per heavy atom. The molecule has 1 aliphatic heterocycles. The van der Waals surface area contributed by atoms with Gasteiger partial charge in [0.25, 0.3) is 11.7 Å². The zero-order valence-corrected chi connectivity index (χ0v) is 23.6. The van der Waals surface area contributed by atoms with Crippen LogP contribution in [0.4, 0.5) is 0 Å². The van der Waals surface area contributed by atoms with Crippen LogP contribution in [0, 0.1) is 12.8 Å². The zero-order chi connectivity index (χ0) is 27.5. The molecule has 0 unspecified atom stereocenters. The van der Waals surface area contributed by atoms with E-state index in [0.717, 1.165) is 35.4 Å². The second-order valence-electron chi connectivity index (χ2n) is 11.7. The van der Waals surface area contributed by atoms with E-state index in [0.29, 0.717) is 24.6 Å². The van der Waals surface area contributed by atoms with Gasteiger partial charge in [0.15, 0.2) is 0 Å². The standard InChI is InChI=1S/C31H42N2O4/c1-20(2)19-37-25-15-12-23(18-21(25)3)28(34)26-27(22-10-13-24(14-11-22)31(4,5)6)33(30(36)29(26)35)17-9-16-32(7)8/h10-15,18,20,27,34H,9,16-17,19H2,1-8H3/b28-26+/t27-/m0/s1. The lowest BCUT2D eigenvalue weighted by Gasteiger charge is -2.27. The van der Waals surface area contributed by atoms with Gasteiger partial charge in [-0.3, -0.25) is 9.59 Å². The van der Waals surface area contributed by atoms with Crippen molar-refractivity contribution in [3.63, 3.8) is 0 Å². The third-order valence-electron chi connectivity index (χ3n) is 6.66. The molecule has 0 aromatic heterocycles. The Bertz CT molecular complexity index is 1160. The van der Waals surface area contributed by atoms with Crippen LogP contribution in [0.5, 0.6) is 5.75 Å². The SMILES string of the molecule is Cc1cc(/C(O)=C2\C(=O)C(=O)N(CCCN(C)C)[C@H]2c2ccc(C(C)(C)C)cc2)ccc1OCC(C)C. The van der Waals surface area contributed by atoms with Crippen molar-refractivity contribution >= 4 is 17.4 Å². The van der Waals surface area contributed by atoms with E-state index in [1.807, 2.05) is 57.4 Å². The molecule has 0 saturated carbocycles. The van der Waals surface area contributed by atoms with Gasteiger partial charge >= 0.3 is 0 Å². The molecule has 1 atom stereocenters. The Morgan fingerprint density at radius 2 is 1.73 bits per heavy atom. The summed E-state index contributed by atoms with van der Waals surface area (Å²) < 4.78 is 5.88. The Hall–Kier alpha value is -3.12. The second-order valence-corrected chi connectivity index (χ2v) is 11.7. The Morgan fingerprint density at radius 1 is 1.08 bits per heavy atom. The molecule has 3 rings (SSSR count). The fourth-order valence-electron chi connectivity index (χ4n) is 4.55. The highest BCUT2D eigenvalue weighted by Crippen LogP contribution is 2.40. The van der Waals surface area contributed by atoms with Crippen molar-refractivity contribution in [3.8, 4) is 5.75 Å². The van der Waals surface area contributed by atoms with Gasteiger partial charge in [-0.1, -0.05) is 58.9 Å². The number of aryl methyl sites for hydroxylation is 1. The van der Waals surface area contributed by atoms with Crippen molar-refractivity contribution < 1.29 is 19.4 Å². The summed E-state index contributed by atoms with van der Waals surface area (Å²) in [5.74, 6) is -0.245. The summed E-state index contributed by atoms with van der Waals surface area (Å²) in [6.07, 6.45) is 0.720. The van der Waals surface area contributed by atoms with E-state index in [9.17, 15) is 14.7 Å². The number of ketones is 1. The van der Waals surface area contributed by atoms with Gasteiger partial charge in [-0.05, 0) is 80.2 Å². The van der Waals surface area contributed by atoms with Crippen LogP contribution in [0.15, 0.2) is 48.0 Å². The maximum Gasteiger partial charge on any atom is 0.295 e. The number of nitrogens with zero attached hydrogens (tertiary/aromatic N) is 2. The lowest BCUT2D eigenvalue weighted by molar-refractivity contribution is -0.139. The van der Waals surface area contributed by atoms with Crippen LogP contribution >= 0.6 is 0 Å². The first-order valence-electron chi connectivity index (χ1n) is 13.1. The molecule has 0 bridgehead atoms. The first-order chi connectivity index (χ1) is 17.3. The molecule has 200 valence electrons. The summed E-state index contributed by atoms with van der Waals surface area (Å²) >= 11 is 0. The quantitative estimate of drug-likeness (QED) is 0.268. The predicted molar refractivity (Wildman–Crippen MR) is 149 cm³/mol. The molecule has 0 spiro atoms. The van der Waals surface area contributed by atoms with Crippen molar-refractivity contribution in [1.29, 1.82) is 0 Å².